The van der Waals surface area contributed by atoms with Gasteiger partial charge in [0.15, 0.2) is 5.01 Å². The molecule has 2 aromatic carbocycles. The van der Waals surface area contributed by atoms with Crippen molar-refractivity contribution >= 4 is 51.3 Å². The molecule has 0 spiro atoms. The Morgan fingerprint density at radius 3 is 2.61 bits per heavy atom. The Labute approximate surface area is 193 Å². The number of allylic oxidation sites excluding steroid dienone is 1. The van der Waals surface area contributed by atoms with Gasteiger partial charge in [0.1, 0.15) is 0 Å². The predicted molar refractivity (Wildman–Crippen MR) is 131 cm³/mol. The molecule has 0 aliphatic heterocycles. The van der Waals surface area contributed by atoms with Gasteiger partial charge in [0.25, 0.3) is 11.8 Å². The molecule has 0 saturated carbocycles. The van der Waals surface area contributed by atoms with Crippen LogP contribution in [0, 0.1) is 6.92 Å². The molecule has 3 amide bonds. The molecule has 0 unspecified atom stereocenters. The minimum absolute atomic E-state index is 0.291. The second-order valence-electron chi connectivity index (χ2n) is 7.24. The summed E-state index contributed by atoms with van der Waals surface area (Å²) in [4.78, 5) is 43.9. The van der Waals surface area contributed by atoms with Crippen LogP contribution in [0.25, 0.3) is 22.0 Å². The third-order valence-corrected chi connectivity index (χ3v) is 5.95. The number of amides is 3. The molecule has 9 heteroatoms. The first-order chi connectivity index (χ1) is 15.9. The number of aromatic amines is 1. The number of nitrogens with two attached hydrogens (primary N) is 1. The number of benzene rings is 2. The first kappa shape index (κ1) is 22.0. The van der Waals surface area contributed by atoms with Crippen molar-refractivity contribution in [3.63, 3.8) is 0 Å². The van der Waals surface area contributed by atoms with E-state index in [1.165, 1.54) is 17.4 Å². The van der Waals surface area contributed by atoms with Crippen molar-refractivity contribution in [1.82, 2.24) is 9.97 Å². The van der Waals surface area contributed by atoms with E-state index < -0.39 is 5.91 Å². The van der Waals surface area contributed by atoms with Crippen LogP contribution in [-0.4, -0.2) is 27.7 Å². The van der Waals surface area contributed by atoms with Crippen LogP contribution in [0.3, 0.4) is 0 Å². The zero-order valence-electron chi connectivity index (χ0n) is 17.9. The highest BCUT2D eigenvalue weighted by atomic mass is 32.1. The van der Waals surface area contributed by atoms with Crippen LogP contribution in [-0.2, 0) is 4.79 Å². The van der Waals surface area contributed by atoms with Crippen LogP contribution >= 0.6 is 11.3 Å². The number of fused-ring (bicyclic) bond motifs is 1. The van der Waals surface area contributed by atoms with E-state index in [1.54, 1.807) is 42.9 Å². The average Bonchev–Trinajstić information content (AvgIpc) is 3.46. The van der Waals surface area contributed by atoms with Gasteiger partial charge in [-0.3, -0.25) is 14.4 Å². The fraction of sp³-hybridized carbons (Fsp3) is 0.0833. The second kappa shape index (κ2) is 9.09. The van der Waals surface area contributed by atoms with E-state index in [-0.39, 0.29) is 11.8 Å². The maximum atomic E-state index is 12.5. The third-order valence-electron chi connectivity index (χ3n) is 5.18. The van der Waals surface area contributed by atoms with Gasteiger partial charge in [-0.2, -0.15) is 0 Å². The number of hydrogen-bond acceptors (Lipinski definition) is 5. The molecular formula is C24H21N5O3S. The summed E-state index contributed by atoms with van der Waals surface area (Å²) >= 11 is 1.26. The van der Waals surface area contributed by atoms with Crippen LogP contribution in [0.5, 0.6) is 0 Å². The first-order valence-corrected chi connectivity index (χ1v) is 11.0. The van der Waals surface area contributed by atoms with Crippen molar-refractivity contribution in [3.05, 3.63) is 76.4 Å². The number of aromatic nitrogens is 2. The number of thiazole rings is 1. The number of primary amides is 1. The van der Waals surface area contributed by atoms with Crippen LogP contribution < -0.4 is 16.4 Å². The Morgan fingerprint density at radius 2 is 1.91 bits per heavy atom. The van der Waals surface area contributed by atoms with Gasteiger partial charge in [-0.05, 0) is 48.7 Å². The smallest absolute Gasteiger partial charge is 0.284 e. The van der Waals surface area contributed by atoms with Gasteiger partial charge >= 0.3 is 0 Å². The molecule has 0 aliphatic rings. The highest BCUT2D eigenvalue weighted by molar-refractivity contribution is 7.11. The molecule has 33 heavy (non-hydrogen) atoms. The maximum absolute atomic E-state index is 12.5. The van der Waals surface area contributed by atoms with Crippen molar-refractivity contribution in [3.8, 4) is 11.1 Å². The molecule has 0 aliphatic carbocycles. The van der Waals surface area contributed by atoms with E-state index in [9.17, 15) is 14.4 Å². The van der Waals surface area contributed by atoms with E-state index in [0.29, 0.717) is 32.8 Å². The van der Waals surface area contributed by atoms with Gasteiger partial charge in [0.05, 0.1) is 16.8 Å². The standard InChI is InChI=1S/C24H21N5O3S/c1-3-5-19(30)28-18-12-27-21-16(22(25)31)9-8-15(20(18)21)14-6-4-7-17(13(14)2)29-23(32)24-26-10-11-33-24/h3-12,27H,1-2H3,(H2,25,31)(H,28,30)(H,29,32). The molecule has 0 bridgehead atoms. The predicted octanol–water partition coefficient (Wildman–Crippen LogP) is 4.47. The van der Waals surface area contributed by atoms with Crippen LogP contribution in [0.4, 0.5) is 11.4 Å². The molecule has 2 aromatic heterocycles. The Balaban J connectivity index is 1.85. The van der Waals surface area contributed by atoms with Gasteiger partial charge in [0, 0.05) is 28.8 Å². The normalized spacial score (nSPS) is 11.1. The van der Waals surface area contributed by atoms with Crippen LogP contribution in [0.2, 0.25) is 0 Å². The number of carbonyl (C=O) groups is 3. The topological polar surface area (TPSA) is 130 Å². The Morgan fingerprint density at radius 1 is 1.09 bits per heavy atom. The molecule has 5 N–H and O–H groups in total. The van der Waals surface area contributed by atoms with Gasteiger partial charge in [-0.25, -0.2) is 4.98 Å². The molecule has 8 nitrogen and oxygen atoms in total. The zero-order chi connectivity index (χ0) is 23.5. The maximum Gasteiger partial charge on any atom is 0.284 e. The Hall–Kier alpha value is -4.24. The number of nitrogens with zero attached hydrogens (tertiary/aromatic N) is 1. The molecule has 2 heterocycles. The zero-order valence-corrected chi connectivity index (χ0v) is 18.7. The first-order valence-electron chi connectivity index (χ1n) is 10.1. The summed E-state index contributed by atoms with van der Waals surface area (Å²) in [6.07, 6.45) is 6.26. The molecule has 4 rings (SSSR count). The number of nitrogens with one attached hydrogen (secondary N) is 3. The molecule has 4 aromatic rings. The van der Waals surface area contributed by atoms with Gasteiger partial charge in [-0.15, -0.1) is 11.3 Å². The Bertz CT molecular complexity index is 1400. The molecule has 0 radical (unpaired) electrons. The Kier molecular flexibility index (Phi) is 6.05. The van der Waals surface area contributed by atoms with E-state index in [2.05, 4.69) is 20.6 Å². The van der Waals surface area contributed by atoms with E-state index >= 15 is 0 Å². The largest absolute Gasteiger partial charge is 0.366 e. The molecular weight excluding hydrogens is 438 g/mol. The minimum atomic E-state index is -0.582. The summed E-state index contributed by atoms with van der Waals surface area (Å²) in [5, 5.41) is 8.50. The second-order valence-corrected chi connectivity index (χ2v) is 8.13. The highest BCUT2D eigenvalue weighted by Crippen LogP contribution is 2.38. The molecule has 0 atom stereocenters. The lowest BCUT2D eigenvalue weighted by Crippen LogP contribution is -2.13. The summed E-state index contributed by atoms with van der Waals surface area (Å²) in [5.74, 6) is -1.17. The van der Waals surface area contributed by atoms with Crippen molar-refractivity contribution in [2.24, 2.45) is 5.73 Å². The molecule has 0 saturated heterocycles. The summed E-state index contributed by atoms with van der Waals surface area (Å²) in [6, 6.07) is 8.99. The number of anilines is 2. The number of rotatable bonds is 6. The summed E-state index contributed by atoms with van der Waals surface area (Å²) in [5.41, 5.74) is 9.98. The summed E-state index contributed by atoms with van der Waals surface area (Å²) in [7, 11) is 0. The summed E-state index contributed by atoms with van der Waals surface area (Å²) < 4.78 is 0. The van der Waals surface area contributed by atoms with Crippen molar-refractivity contribution in [2.75, 3.05) is 10.6 Å². The number of carbonyl (C=O) groups excluding carboxylic acids is 3. The average molecular weight is 460 g/mol. The van der Waals surface area contributed by atoms with Crippen molar-refractivity contribution in [2.45, 2.75) is 13.8 Å². The number of hydrogen-bond donors (Lipinski definition) is 4. The quantitative estimate of drug-likeness (QED) is 0.317. The fourth-order valence-corrected chi connectivity index (χ4v) is 4.21. The lowest BCUT2D eigenvalue weighted by molar-refractivity contribution is -0.111. The van der Waals surface area contributed by atoms with E-state index in [0.717, 1.165) is 16.7 Å². The molecule has 0 fully saturated rings. The molecule has 166 valence electrons. The van der Waals surface area contributed by atoms with E-state index in [4.69, 9.17) is 5.73 Å². The van der Waals surface area contributed by atoms with Crippen LogP contribution in [0.15, 0.2) is 60.3 Å². The summed E-state index contributed by atoms with van der Waals surface area (Å²) in [6.45, 7) is 3.64. The van der Waals surface area contributed by atoms with Crippen LogP contribution in [0.1, 0.15) is 32.6 Å². The number of H-pyrrole nitrogens is 1. The van der Waals surface area contributed by atoms with Crippen molar-refractivity contribution < 1.29 is 14.4 Å². The fourth-order valence-electron chi connectivity index (χ4n) is 3.68. The third kappa shape index (κ3) is 4.26. The lowest BCUT2D eigenvalue weighted by atomic mass is 9.94. The SMILES string of the molecule is CC=CC(=O)Nc1c[nH]c2c(C(N)=O)ccc(-c3cccc(NC(=O)c4nccs4)c3C)c12. The minimum Gasteiger partial charge on any atom is -0.366 e. The van der Waals surface area contributed by atoms with Gasteiger partial charge in [0.2, 0.25) is 5.91 Å². The van der Waals surface area contributed by atoms with E-state index in [1.807, 2.05) is 25.1 Å². The monoisotopic (exact) mass is 459 g/mol. The van der Waals surface area contributed by atoms with Gasteiger partial charge in [-0.1, -0.05) is 24.3 Å². The van der Waals surface area contributed by atoms with Crippen molar-refractivity contribution in [1.29, 1.82) is 0 Å². The van der Waals surface area contributed by atoms with Gasteiger partial charge < -0.3 is 21.4 Å². The highest BCUT2D eigenvalue weighted by Gasteiger charge is 2.19. The lowest BCUT2D eigenvalue weighted by Gasteiger charge is -2.15.